The molecule has 166 valence electrons. The van der Waals surface area contributed by atoms with Gasteiger partial charge in [-0.15, -0.1) is 0 Å². The largest absolute Gasteiger partial charge is 0.379 e. The Morgan fingerprint density at radius 3 is 2.45 bits per heavy atom. The van der Waals surface area contributed by atoms with Gasteiger partial charge in [0.1, 0.15) is 11.9 Å². The molecule has 0 saturated carbocycles. The van der Waals surface area contributed by atoms with Crippen LogP contribution in [0.2, 0.25) is 0 Å². The molecule has 10 heteroatoms. The second-order valence-electron chi connectivity index (χ2n) is 7.27. The molecule has 1 aliphatic heterocycles. The van der Waals surface area contributed by atoms with Crippen molar-refractivity contribution in [3.05, 3.63) is 65.0 Å². The van der Waals surface area contributed by atoms with Gasteiger partial charge in [0.25, 0.3) is 5.91 Å². The number of carbonyl (C=O) groups is 2. The summed E-state index contributed by atoms with van der Waals surface area (Å²) < 4.78 is 46.1. The molecule has 0 bridgehead atoms. The van der Waals surface area contributed by atoms with Crippen molar-refractivity contribution in [1.29, 1.82) is 0 Å². The Hall–Kier alpha value is -2.82. The molecule has 1 atom stereocenters. The summed E-state index contributed by atoms with van der Waals surface area (Å²) in [6.07, 6.45) is 0. The Bertz CT molecular complexity index is 1100. The molecule has 2 amide bonds. The van der Waals surface area contributed by atoms with Crippen LogP contribution in [0.15, 0.2) is 47.4 Å². The zero-order chi connectivity index (χ0) is 22.8. The van der Waals surface area contributed by atoms with E-state index in [2.05, 4.69) is 0 Å². The van der Waals surface area contributed by atoms with Crippen LogP contribution in [0.4, 0.5) is 4.39 Å². The summed E-state index contributed by atoms with van der Waals surface area (Å²) >= 11 is 0. The van der Waals surface area contributed by atoms with E-state index in [1.165, 1.54) is 47.8 Å². The lowest BCUT2D eigenvalue weighted by Crippen LogP contribution is -2.41. The Balaban J connectivity index is 1.96. The Kier molecular flexibility index (Phi) is 6.73. The third kappa shape index (κ3) is 4.76. The van der Waals surface area contributed by atoms with Crippen molar-refractivity contribution in [2.24, 2.45) is 5.73 Å². The van der Waals surface area contributed by atoms with Gasteiger partial charge in [-0.25, -0.2) is 12.8 Å². The number of rotatable bonds is 6. The van der Waals surface area contributed by atoms with E-state index in [0.29, 0.717) is 18.8 Å². The van der Waals surface area contributed by atoms with Gasteiger partial charge >= 0.3 is 0 Å². The van der Waals surface area contributed by atoms with Crippen LogP contribution in [-0.4, -0.2) is 62.8 Å². The number of aryl methyl sites for hydroxylation is 1. The highest BCUT2D eigenvalue weighted by atomic mass is 32.2. The standard InChI is InChI=1S/C21H24FN3O5S/c1-14-6-7-17(31(28,29)25-8-10-30-11-9-25)13-18(14)21(27)24(2)19(20(23)26)15-4-3-5-16(22)12-15/h3-7,12-13,19H,8-11H2,1-2H3,(H2,23,26). The van der Waals surface area contributed by atoms with Gasteiger partial charge in [0.2, 0.25) is 15.9 Å². The number of hydrogen-bond donors (Lipinski definition) is 1. The number of nitrogens with zero attached hydrogens (tertiary/aromatic N) is 2. The minimum absolute atomic E-state index is 0.0295. The molecule has 2 aromatic carbocycles. The SMILES string of the molecule is Cc1ccc(S(=O)(=O)N2CCOCC2)cc1C(=O)N(C)C(C(N)=O)c1cccc(F)c1. The topological polar surface area (TPSA) is 110 Å². The Labute approximate surface area is 180 Å². The number of likely N-dealkylation sites (N-methyl/N-ethyl adjacent to an activating group) is 1. The summed E-state index contributed by atoms with van der Waals surface area (Å²) in [6, 6.07) is 8.31. The van der Waals surface area contributed by atoms with Crippen LogP contribution in [0, 0.1) is 12.7 Å². The first-order valence-electron chi connectivity index (χ1n) is 9.63. The van der Waals surface area contributed by atoms with Crippen LogP contribution in [-0.2, 0) is 19.6 Å². The summed E-state index contributed by atoms with van der Waals surface area (Å²) in [6.45, 7) is 2.71. The lowest BCUT2D eigenvalue weighted by Gasteiger charge is -2.28. The molecule has 0 radical (unpaired) electrons. The van der Waals surface area contributed by atoms with Gasteiger partial charge < -0.3 is 15.4 Å². The molecule has 1 heterocycles. The van der Waals surface area contributed by atoms with Crippen molar-refractivity contribution < 1.29 is 27.1 Å². The summed E-state index contributed by atoms with van der Waals surface area (Å²) in [5.41, 5.74) is 6.36. The number of primary amides is 1. The van der Waals surface area contributed by atoms with Crippen LogP contribution in [0.1, 0.15) is 27.5 Å². The lowest BCUT2D eigenvalue weighted by molar-refractivity contribution is -0.122. The summed E-state index contributed by atoms with van der Waals surface area (Å²) in [4.78, 5) is 26.4. The van der Waals surface area contributed by atoms with E-state index >= 15 is 0 Å². The fourth-order valence-corrected chi connectivity index (χ4v) is 4.93. The zero-order valence-electron chi connectivity index (χ0n) is 17.2. The molecule has 2 N–H and O–H groups in total. The molecule has 1 unspecified atom stereocenters. The fraction of sp³-hybridized carbons (Fsp3) is 0.333. The molecule has 0 aliphatic carbocycles. The number of carbonyl (C=O) groups excluding carboxylic acids is 2. The van der Waals surface area contributed by atoms with Gasteiger partial charge in [-0.05, 0) is 42.3 Å². The third-order valence-electron chi connectivity index (χ3n) is 5.19. The maximum absolute atomic E-state index is 13.7. The quantitative estimate of drug-likeness (QED) is 0.718. The summed E-state index contributed by atoms with van der Waals surface area (Å²) in [5.74, 6) is -2.01. The highest BCUT2D eigenvalue weighted by Gasteiger charge is 2.31. The van der Waals surface area contributed by atoms with Crippen molar-refractivity contribution in [1.82, 2.24) is 9.21 Å². The molecule has 8 nitrogen and oxygen atoms in total. The molecule has 1 fully saturated rings. The van der Waals surface area contributed by atoms with Crippen molar-refractivity contribution in [3.63, 3.8) is 0 Å². The van der Waals surface area contributed by atoms with E-state index in [1.54, 1.807) is 6.92 Å². The van der Waals surface area contributed by atoms with Gasteiger partial charge in [0.05, 0.1) is 18.1 Å². The highest BCUT2D eigenvalue weighted by Crippen LogP contribution is 2.25. The van der Waals surface area contributed by atoms with Gasteiger partial charge in [-0.2, -0.15) is 4.31 Å². The number of ether oxygens (including phenoxy) is 1. The van der Waals surface area contributed by atoms with Crippen LogP contribution in [0.25, 0.3) is 0 Å². The Morgan fingerprint density at radius 2 is 1.84 bits per heavy atom. The van der Waals surface area contributed by atoms with Crippen LogP contribution >= 0.6 is 0 Å². The molecular weight excluding hydrogens is 425 g/mol. The summed E-state index contributed by atoms with van der Waals surface area (Å²) in [5, 5.41) is 0. The number of nitrogens with two attached hydrogens (primary N) is 1. The number of halogens is 1. The van der Waals surface area contributed by atoms with Gasteiger partial charge in [0.15, 0.2) is 0 Å². The molecule has 2 aromatic rings. The van der Waals surface area contributed by atoms with Crippen molar-refractivity contribution >= 4 is 21.8 Å². The first-order chi connectivity index (χ1) is 14.6. The van der Waals surface area contributed by atoms with Crippen LogP contribution < -0.4 is 5.73 Å². The molecule has 0 spiro atoms. The highest BCUT2D eigenvalue weighted by molar-refractivity contribution is 7.89. The first-order valence-corrected chi connectivity index (χ1v) is 11.1. The van der Waals surface area contributed by atoms with Gasteiger partial charge in [-0.1, -0.05) is 18.2 Å². The van der Waals surface area contributed by atoms with E-state index in [-0.39, 0.29) is 29.1 Å². The van der Waals surface area contributed by atoms with Crippen LogP contribution in [0.5, 0.6) is 0 Å². The minimum Gasteiger partial charge on any atom is -0.379 e. The molecule has 31 heavy (non-hydrogen) atoms. The molecule has 3 rings (SSSR count). The monoisotopic (exact) mass is 449 g/mol. The average Bonchev–Trinajstić information content (AvgIpc) is 2.74. The van der Waals surface area contributed by atoms with Gasteiger partial charge in [-0.3, -0.25) is 9.59 Å². The van der Waals surface area contributed by atoms with E-state index in [1.807, 2.05) is 0 Å². The number of morpholine rings is 1. The van der Waals surface area contributed by atoms with E-state index in [0.717, 1.165) is 11.0 Å². The first kappa shape index (κ1) is 22.9. The van der Waals surface area contributed by atoms with Crippen molar-refractivity contribution in [2.75, 3.05) is 33.4 Å². The normalized spacial score (nSPS) is 16.0. The second-order valence-corrected chi connectivity index (χ2v) is 9.21. The molecule has 0 aromatic heterocycles. The predicted octanol–water partition coefficient (Wildman–Crippen LogP) is 1.45. The smallest absolute Gasteiger partial charge is 0.254 e. The van der Waals surface area contributed by atoms with Gasteiger partial charge in [0, 0.05) is 25.7 Å². The molecule has 1 aliphatic rings. The minimum atomic E-state index is -3.81. The van der Waals surface area contributed by atoms with E-state index in [9.17, 15) is 22.4 Å². The lowest BCUT2D eigenvalue weighted by atomic mass is 10.0. The maximum Gasteiger partial charge on any atom is 0.254 e. The van der Waals surface area contributed by atoms with Crippen molar-refractivity contribution in [3.8, 4) is 0 Å². The molecular formula is C21H24FN3O5S. The number of amides is 2. The maximum atomic E-state index is 13.7. The number of benzene rings is 2. The Morgan fingerprint density at radius 1 is 1.16 bits per heavy atom. The van der Waals surface area contributed by atoms with Crippen LogP contribution in [0.3, 0.4) is 0 Å². The molecule has 1 saturated heterocycles. The number of hydrogen-bond acceptors (Lipinski definition) is 5. The second kappa shape index (κ2) is 9.13. The number of sulfonamides is 1. The van der Waals surface area contributed by atoms with Crippen molar-refractivity contribution in [2.45, 2.75) is 17.9 Å². The summed E-state index contributed by atoms with van der Waals surface area (Å²) in [7, 11) is -2.45. The van der Waals surface area contributed by atoms with E-state index in [4.69, 9.17) is 10.5 Å². The fourth-order valence-electron chi connectivity index (χ4n) is 3.49. The average molecular weight is 450 g/mol. The predicted molar refractivity (Wildman–Crippen MR) is 111 cm³/mol. The third-order valence-corrected chi connectivity index (χ3v) is 7.08. The zero-order valence-corrected chi connectivity index (χ0v) is 18.1. The van der Waals surface area contributed by atoms with E-state index < -0.39 is 33.7 Å².